The zero-order valence-electron chi connectivity index (χ0n) is 9.36. The van der Waals surface area contributed by atoms with Crippen LogP contribution in [-0.2, 0) is 0 Å². The summed E-state index contributed by atoms with van der Waals surface area (Å²) in [5.41, 5.74) is 7.14. The first-order valence-electron chi connectivity index (χ1n) is 5.50. The molecule has 2 rings (SSSR count). The Morgan fingerprint density at radius 1 is 1.56 bits per heavy atom. The van der Waals surface area contributed by atoms with E-state index in [9.17, 15) is 5.11 Å². The van der Waals surface area contributed by atoms with Crippen LogP contribution in [0.15, 0.2) is 18.2 Å². The van der Waals surface area contributed by atoms with E-state index < -0.39 is 6.10 Å². The summed E-state index contributed by atoms with van der Waals surface area (Å²) in [7, 11) is 2.06. The van der Waals surface area contributed by atoms with E-state index in [1.54, 1.807) is 6.07 Å². The number of nitrogens with zero attached hydrogens (tertiary/aromatic N) is 1. The van der Waals surface area contributed by atoms with Crippen molar-refractivity contribution in [3.05, 3.63) is 28.8 Å². The third kappa shape index (κ3) is 2.17. The lowest BCUT2D eigenvalue weighted by Crippen LogP contribution is -2.19. The number of para-hydroxylation sites is 1. The van der Waals surface area contributed by atoms with Gasteiger partial charge < -0.3 is 15.7 Å². The van der Waals surface area contributed by atoms with Gasteiger partial charge in [-0.05, 0) is 26.1 Å². The molecule has 1 aromatic carbocycles. The van der Waals surface area contributed by atoms with Crippen LogP contribution in [0.4, 0.5) is 5.69 Å². The SMILES string of the molecule is CN1CCC(C(O)c2cccc(Cl)c2N)C1. The van der Waals surface area contributed by atoms with E-state index in [0.717, 1.165) is 25.1 Å². The minimum atomic E-state index is -0.511. The minimum Gasteiger partial charge on any atom is -0.397 e. The largest absolute Gasteiger partial charge is 0.397 e. The molecule has 16 heavy (non-hydrogen) atoms. The zero-order chi connectivity index (χ0) is 11.7. The van der Waals surface area contributed by atoms with E-state index in [1.165, 1.54) is 0 Å². The number of rotatable bonds is 2. The van der Waals surface area contributed by atoms with Crippen molar-refractivity contribution >= 4 is 17.3 Å². The van der Waals surface area contributed by atoms with Gasteiger partial charge in [0.25, 0.3) is 0 Å². The van der Waals surface area contributed by atoms with Gasteiger partial charge in [-0.15, -0.1) is 0 Å². The van der Waals surface area contributed by atoms with Crippen molar-refractivity contribution in [1.82, 2.24) is 4.90 Å². The Morgan fingerprint density at radius 2 is 2.31 bits per heavy atom. The molecule has 1 heterocycles. The van der Waals surface area contributed by atoms with Crippen molar-refractivity contribution in [3.8, 4) is 0 Å². The molecule has 0 radical (unpaired) electrons. The van der Waals surface area contributed by atoms with Crippen molar-refractivity contribution < 1.29 is 5.11 Å². The van der Waals surface area contributed by atoms with Gasteiger partial charge in [0.1, 0.15) is 0 Å². The summed E-state index contributed by atoms with van der Waals surface area (Å²) in [6, 6.07) is 5.42. The highest BCUT2D eigenvalue weighted by atomic mass is 35.5. The molecule has 0 spiro atoms. The number of nitrogen functional groups attached to an aromatic ring is 1. The molecule has 4 heteroatoms. The predicted octanol–water partition coefficient (Wildman–Crippen LogP) is 1.91. The standard InChI is InChI=1S/C12H17ClN2O/c1-15-6-5-8(7-15)12(16)9-3-2-4-10(13)11(9)14/h2-4,8,12,16H,5-7,14H2,1H3. The molecular weight excluding hydrogens is 224 g/mol. The van der Waals surface area contributed by atoms with E-state index >= 15 is 0 Å². The Balaban J connectivity index is 2.20. The molecule has 1 aliphatic rings. The van der Waals surface area contributed by atoms with E-state index in [1.807, 2.05) is 12.1 Å². The first-order valence-corrected chi connectivity index (χ1v) is 5.88. The van der Waals surface area contributed by atoms with Gasteiger partial charge in [0.15, 0.2) is 0 Å². The predicted molar refractivity (Wildman–Crippen MR) is 66.4 cm³/mol. The molecule has 0 amide bonds. The molecule has 3 N–H and O–H groups in total. The second kappa shape index (κ2) is 4.62. The van der Waals surface area contributed by atoms with Crippen LogP contribution in [0.5, 0.6) is 0 Å². The fraction of sp³-hybridized carbons (Fsp3) is 0.500. The third-order valence-electron chi connectivity index (χ3n) is 3.28. The smallest absolute Gasteiger partial charge is 0.0851 e. The molecule has 1 aromatic rings. The summed E-state index contributed by atoms with van der Waals surface area (Å²) in [6.07, 6.45) is 0.493. The lowest BCUT2D eigenvalue weighted by atomic mass is 9.94. The van der Waals surface area contributed by atoms with Gasteiger partial charge in [0.05, 0.1) is 16.8 Å². The molecule has 1 fully saturated rings. The maximum absolute atomic E-state index is 10.3. The van der Waals surface area contributed by atoms with E-state index in [0.29, 0.717) is 10.7 Å². The fourth-order valence-corrected chi connectivity index (χ4v) is 2.47. The van der Waals surface area contributed by atoms with Crippen molar-refractivity contribution in [1.29, 1.82) is 0 Å². The van der Waals surface area contributed by atoms with Crippen LogP contribution in [0, 0.1) is 5.92 Å². The Kier molecular flexibility index (Phi) is 3.38. The lowest BCUT2D eigenvalue weighted by Gasteiger charge is -2.20. The summed E-state index contributed by atoms with van der Waals surface area (Å²) in [6.45, 7) is 1.94. The van der Waals surface area contributed by atoms with Crippen LogP contribution in [0.25, 0.3) is 0 Å². The van der Waals surface area contributed by atoms with Crippen molar-refractivity contribution in [2.24, 2.45) is 5.92 Å². The zero-order valence-corrected chi connectivity index (χ0v) is 10.1. The minimum absolute atomic E-state index is 0.255. The quantitative estimate of drug-likeness (QED) is 0.777. The second-order valence-electron chi connectivity index (χ2n) is 4.50. The molecule has 0 aliphatic carbocycles. The normalized spacial score (nSPS) is 23.6. The Morgan fingerprint density at radius 3 is 2.94 bits per heavy atom. The number of anilines is 1. The summed E-state index contributed by atoms with van der Waals surface area (Å²) >= 11 is 5.95. The second-order valence-corrected chi connectivity index (χ2v) is 4.91. The molecular formula is C12H17ClN2O. The fourth-order valence-electron chi connectivity index (χ4n) is 2.29. The maximum Gasteiger partial charge on any atom is 0.0851 e. The highest BCUT2D eigenvalue weighted by molar-refractivity contribution is 6.33. The topological polar surface area (TPSA) is 49.5 Å². The Labute approximate surface area is 101 Å². The first kappa shape index (κ1) is 11.7. The molecule has 2 unspecified atom stereocenters. The van der Waals surface area contributed by atoms with Gasteiger partial charge in [0, 0.05) is 18.0 Å². The van der Waals surface area contributed by atoms with Gasteiger partial charge in [-0.2, -0.15) is 0 Å². The van der Waals surface area contributed by atoms with E-state index in [2.05, 4.69) is 11.9 Å². The molecule has 2 atom stereocenters. The average Bonchev–Trinajstić information content (AvgIpc) is 2.68. The molecule has 0 saturated carbocycles. The monoisotopic (exact) mass is 240 g/mol. The molecule has 0 bridgehead atoms. The Bertz CT molecular complexity index is 383. The number of aliphatic hydroxyl groups excluding tert-OH is 1. The molecule has 88 valence electrons. The van der Waals surface area contributed by atoms with Crippen molar-refractivity contribution in [2.45, 2.75) is 12.5 Å². The highest BCUT2D eigenvalue weighted by Gasteiger charge is 2.28. The summed E-state index contributed by atoms with van der Waals surface area (Å²) in [5.74, 6) is 0.255. The summed E-state index contributed by atoms with van der Waals surface area (Å²) < 4.78 is 0. The average molecular weight is 241 g/mol. The number of aliphatic hydroxyl groups is 1. The number of benzene rings is 1. The van der Waals surface area contributed by atoms with Gasteiger partial charge in [-0.1, -0.05) is 23.7 Å². The number of halogens is 1. The summed E-state index contributed by atoms with van der Waals surface area (Å²) in [4.78, 5) is 2.22. The van der Waals surface area contributed by atoms with Crippen LogP contribution in [0.3, 0.4) is 0 Å². The molecule has 1 saturated heterocycles. The van der Waals surface area contributed by atoms with Gasteiger partial charge >= 0.3 is 0 Å². The van der Waals surface area contributed by atoms with Gasteiger partial charge in [0.2, 0.25) is 0 Å². The molecule has 0 aromatic heterocycles. The number of likely N-dealkylation sites (tertiary alicyclic amines) is 1. The molecule has 1 aliphatic heterocycles. The van der Waals surface area contributed by atoms with Gasteiger partial charge in [-0.25, -0.2) is 0 Å². The van der Waals surface area contributed by atoms with E-state index in [4.69, 9.17) is 17.3 Å². The number of nitrogens with two attached hydrogens (primary N) is 1. The lowest BCUT2D eigenvalue weighted by molar-refractivity contribution is 0.113. The maximum atomic E-state index is 10.3. The summed E-state index contributed by atoms with van der Waals surface area (Å²) in [5, 5.41) is 10.8. The number of hydrogen-bond acceptors (Lipinski definition) is 3. The van der Waals surface area contributed by atoms with Crippen LogP contribution in [-0.4, -0.2) is 30.1 Å². The van der Waals surface area contributed by atoms with Crippen molar-refractivity contribution in [3.63, 3.8) is 0 Å². The van der Waals surface area contributed by atoms with Crippen molar-refractivity contribution in [2.75, 3.05) is 25.9 Å². The third-order valence-corrected chi connectivity index (χ3v) is 3.61. The highest BCUT2D eigenvalue weighted by Crippen LogP contribution is 2.34. The Hall–Kier alpha value is -0.770. The van der Waals surface area contributed by atoms with E-state index in [-0.39, 0.29) is 5.92 Å². The van der Waals surface area contributed by atoms with Gasteiger partial charge in [-0.3, -0.25) is 0 Å². The van der Waals surface area contributed by atoms with Crippen LogP contribution in [0.2, 0.25) is 5.02 Å². The van der Waals surface area contributed by atoms with Crippen LogP contribution >= 0.6 is 11.6 Å². The number of hydrogen-bond donors (Lipinski definition) is 2. The van der Waals surface area contributed by atoms with Crippen LogP contribution < -0.4 is 5.73 Å². The van der Waals surface area contributed by atoms with Crippen LogP contribution in [0.1, 0.15) is 18.1 Å². The molecule has 3 nitrogen and oxygen atoms in total. The first-order chi connectivity index (χ1) is 7.59.